The monoisotopic (exact) mass is 506 g/mol. The van der Waals surface area contributed by atoms with Gasteiger partial charge in [0.15, 0.2) is 0 Å². The molecule has 0 bridgehead atoms. The zero-order valence-electron chi connectivity index (χ0n) is 19.9. The predicted molar refractivity (Wildman–Crippen MR) is 140 cm³/mol. The fourth-order valence-corrected chi connectivity index (χ4v) is 7.06. The summed E-state index contributed by atoms with van der Waals surface area (Å²) in [6, 6.07) is 21.5. The number of carbonyl (C=O) groups excluding carboxylic acids is 1. The number of nitrogens with one attached hydrogen (secondary N) is 1. The smallest absolute Gasteiger partial charge is 0.247 e. The Kier molecular flexibility index (Phi) is 6.09. The van der Waals surface area contributed by atoms with Crippen LogP contribution in [0.5, 0.6) is 0 Å². The molecule has 0 radical (unpaired) electrons. The molecule has 0 aromatic heterocycles. The van der Waals surface area contributed by atoms with Crippen LogP contribution in [0, 0.1) is 11.6 Å². The molecule has 0 saturated carbocycles. The average Bonchev–Trinajstić information content (AvgIpc) is 3.21. The van der Waals surface area contributed by atoms with E-state index in [1.165, 1.54) is 18.2 Å². The number of amides is 1. The third-order valence-corrected chi connectivity index (χ3v) is 8.79. The zero-order valence-corrected chi connectivity index (χ0v) is 20.7. The Bertz CT molecular complexity index is 1250. The van der Waals surface area contributed by atoms with Crippen molar-refractivity contribution >= 4 is 34.7 Å². The summed E-state index contributed by atoms with van der Waals surface area (Å²) in [5.41, 5.74) is 2.41. The van der Waals surface area contributed by atoms with E-state index in [0.29, 0.717) is 6.67 Å². The summed E-state index contributed by atoms with van der Waals surface area (Å²) in [4.78, 5) is 20.7. The molecule has 3 aliphatic rings. The lowest BCUT2D eigenvalue weighted by Crippen LogP contribution is -2.57. The van der Waals surface area contributed by atoms with Crippen molar-refractivity contribution in [1.82, 2.24) is 10.2 Å². The number of carbonyl (C=O) groups is 1. The van der Waals surface area contributed by atoms with Crippen LogP contribution in [0.2, 0.25) is 0 Å². The van der Waals surface area contributed by atoms with E-state index in [2.05, 4.69) is 32.1 Å². The molecule has 8 heteroatoms. The van der Waals surface area contributed by atoms with Gasteiger partial charge in [-0.15, -0.1) is 11.8 Å². The molecular formula is C28H28F2N4OS. The molecule has 5 nitrogen and oxygen atoms in total. The molecule has 3 aliphatic heterocycles. The molecule has 3 heterocycles. The second-order valence-electron chi connectivity index (χ2n) is 9.70. The molecule has 3 aromatic carbocycles. The van der Waals surface area contributed by atoms with Crippen LogP contribution in [-0.2, 0) is 4.79 Å². The Balaban J connectivity index is 1.18. The maximum Gasteiger partial charge on any atom is 0.247 e. The molecule has 186 valence electrons. The highest BCUT2D eigenvalue weighted by Gasteiger charge is 2.50. The molecule has 2 fully saturated rings. The number of para-hydroxylation sites is 1. The highest BCUT2D eigenvalue weighted by atomic mass is 32.2. The van der Waals surface area contributed by atoms with Crippen LogP contribution in [0.4, 0.5) is 25.8 Å². The van der Waals surface area contributed by atoms with Crippen LogP contribution in [-0.4, -0.2) is 54.4 Å². The van der Waals surface area contributed by atoms with Gasteiger partial charge in [0.05, 0.1) is 12.4 Å². The quantitative estimate of drug-likeness (QED) is 0.539. The molecule has 6 rings (SSSR count). The summed E-state index contributed by atoms with van der Waals surface area (Å²) >= 11 is 1.70. The van der Waals surface area contributed by atoms with Crippen molar-refractivity contribution in [2.75, 3.05) is 42.6 Å². The van der Waals surface area contributed by atoms with Gasteiger partial charge in [-0.05, 0) is 67.4 Å². The van der Waals surface area contributed by atoms with Crippen molar-refractivity contribution < 1.29 is 13.6 Å². The first-order valence-corrected chi connectivity index (χ1v) is 13.2. The number of hydrogen-bond donors (Lipinski definition) is 1. The normalized spacial score (nSPS) is 21.5. The summed E-state index contributed by atoms with van der Waals surface area (Å²) in [5.74, 6) is -0.414. The first kappa shape index (κ1) is 23.3. The minimum Gasteiger partial charge on any atom is -0.339 e. The zero-order chi connectivity index (χ0) is 24.7. The molecule has 3 aromatic rings. The molecular weight excluding hydrogens is 478 g/mol. The largest absolute Gasteiger partial charge is 0.339 e. The molecule has 1 N–H and O–H groups in total. The second-order valence-corrected chi connectivity index (χ2v) is 11.0. The fraction of sp³-hybridized carbons (Fsp3) is 0.321. The molecule has 0 aliphatic carbocycles. The number of fused-ring (bicyclic) bond motifs is 1. The highest BCUT2D eigenvalue weighted by Crippen LogP contribution is 2.43. The van der Waals surface area contributed by atoms with Gasteiger partial charge in [-0.1, -0.05) is 18.2 Å². The lowest BCUT2D eigenvalue weighted by molar-refractivity contribution is -0.125. The Morgan fingerprint density at radius 1 is 0.917 bits per heavy atom. The number of hydrogen-bond acceptors (Lipinski definition) is 5. The molecule has 1 atom stereocenters. The highest BCUT2D eigenvalue weighted by molar-refractivity contribution is 8.00. The number of piperidine rings is 1. The third kappa shape index (κ3) is 4.22. The van der Waals surface area contributed by atoms with Crippen LogP contribution >= 0.6 is 11.8 Å². The van der Waals surface area contributed by atoms with Crippen LogP contribution < -0.4 is 15.1 Å². The van der Waals surface area contributed by atoms with Crippen molar-refractivity contribution in [3.8, 4) is 0 Å². The topological polar surface area (TPSA) is 38.8 Å². The Morgan fingerprint density at radius 3 is 2.39 bits per heavy atom. The SMILES string of the molecule is O=C1NCN(c2ccccc2)C12CCN(CC1CN(c3ccc(F)cc3)c3ccc(F)cc3S1)CC2. The maximum absolute atomic E-state index is 14.1. The predicted octanol–water partition coefficient (Wildman–Crippen LogP) is 5.01. The molecule has 2 saturated heterocycles. The number of halogens is 2. The lowest BCUT2D eigenvalue weighted by atomic mass is 9.85. The first-order valence-electron chi connectivity index (χ1n) is 12.3. The van der Waals surface area contributed by atoms with Gasteiger partial charge < -0.3 is 20.0 Å². The van der Waals surface area contributed by atoms with E-state index < -0.39 is 5.54 Å². The number of benzene rings is 3. The standard InChI is InChI=1S/C28H28F2N4OS/c29-20-6-9-22(10-7-20)33-18-24(36-26-16-21(30)8-11-25(26)33)17-32-14-12-28(13-15-32)27(35)31-19-34(28)23-4-2-1-3-5-23/h1-11,16,24H,12-15,17-19H2,(H,31,35). The molecule has 1 unspecified atom stereocenters. The first-order chi connectivity index (χ1) is 17.5. The van der Waals surface area contributed by atoms with Gasteiger partial charge in [0.2, 0.25) is 5.91 Å². The van der Waals surface area contributed by atoms with Crippen molar-refractivity contribution in [2.45, 2.75) is 28.5 Å². The average molecular weight is 507 g/mol. The number of thioether (sulfide) groups is 1. The summed E-state index contributed by atoms with van der Waals surface area (Å²) in [5, 5.41) is 3.27. The van der Waals surface area contributed by atoms with Crippen LogP contribution in [0.15, 0.2) is 77.7 Å². The van der Waals surface area contributed by atoms with Crippen molar-refractivity contribution in [3.63, 3.8) is 0 Å². The van der Waals surface area contributed by atoms with Crippen molar-refractivity contribution in [3.05, 3.63) is 84.4 Å². The van der Waals surface area contributed by atoms with Crippen LogP contribution in [0.25, 0.3) is 0 Å². The van der Waals surface area contributed by atoms with Gasteiger partial charge in [0.25, 0.3) is 0 Å². The summed E-state index contributed by atoms with van der Waals surface area (Å²) < 4.78 is 27.7. The van der Waals surface area contributed by atoms with Gasteiger partial charge in [-0.3, -0.25) is 4.79 Å². The van der Waals surface area contributed by atoms with E-state index in [9.17, 15) is 13.6 Å². The van der Waals surface area contributed by atoms with E-state index >= 15 is 0 Å². The Labute approximate surface area is 214 Å². The van der Waals surface area contributed by atoms with E-state index in [-0.39, 0.29) is 22.8 Å². The van der Waals surface area contributed by atoms with E-state index in [1.807, 2.05) is 18.2 Å². The van der Waals surface area contributed by atoms with Gasteiger partial charge >= 0.3 is 0 Å². The van der Waals surface area contributed by atoms with E-state index in [1.54, 1.807) is 36.0 Å². The third-order valence-electron chi connectivity index (χ3n) is 7.58. The van der Waals surface area contributed by atoms with Gasteiger partial charge in [0.1, 0.15) is 17.2 Å². The minimum absolute atomic E-state index is 0.116. The fourth-order valence-electron chi connectivity index (χ4n) is 5.71. The van der Waals surface area contributed by atoms with Gasteiger partial charge in [-0.2, -0.15) is 0 Å². The van der Waals surface area contributed by atoms with E-state index in [0.717, 1.165) is 61.0 Å². The number of nitrogens with zero attached hydrogens (tertiary/aromatic N) is 3. The summed E-state index contributed by atoms with van der Waals surface area (Å²) in [6.45, 7) is 3.76. The summed E-state index contributed by atoms with van der Waals surface area (Å²) in [6.07, 6.45) is 1.52. The van der Waals surface area contributed by atoms with Gasteiger partial charge in [-0.25, -0.2) is 8.78 Å². The Hall–Kier alpha value is -3.10. The molecule has 36 heavy (non-hydrogen) atoms. The van der Waals surface area contributed by atoms with Crippen molar-refractivity contribution in [1.29, 1.82) is 0 Å². The lowest BCUT2D eigenvalue weighted by Gasteiger charge is -2.45. The molecule has 1 spiro atoms. The Morgan fingerprint density at radius 2 is 1.64 bits per heavy atom. The number of anilines is 3. The second kappa shape index (κ2) is 9.41. The maximum atomic E-state index is 14.1. The van der Waals surface area contributed by atoms with Gasteiger partial charge in [0, 0.05) is 47.7 Å². The number of likely N-dealkylation sites (tertiary alicyclic amines) is 1. The van der Waals surface area contributed by atoms with E-state index in [4.69, 9.17) is 0 Å². The van der Waals surface area contributed by atoms with Crippen LogP contribution in [0.3, 0.4) is 0 Å². The summed E-state index contributed by atoms with van der Waals surface area (Å²) in [7, 11) is 0. The van der Waals surface area contributed by atoms with Crippen LogP contribution in [0.1, 0.15) is 12.8 Å². The molecule has 1 amide bonds. The van der Waals surface area contributed by atoms with Crippen molar-refractivity contribution in [2.24, 2.45) is 0 Å². The number of rotatable bonds is 4. The minimum atomic E-state index is -0.507.